The molecule has 2 rings (SSSR count). The van der Waals surface area contributed by atoms with Crippen LogP contribution in [0.3, 0.4) is 0 Å². The average molecular weight is 249 g/mol. The third-order valence-corrected chi connectivity index (χ3v) is 2.22. The number of nitrogens with two attached hydrogens (primary N) is 1. The van der Waals surface area contributed by atoms with E-state index in [1.54, 1.807) is 0 Å². The first kappa shape index (κ1) is 12.0. The molecule has 3 N–H and O–H groups in total. The van der Waals surface area contributed by atoms with Crippen LogP contribution in [0.15, 0.2) is 36.5 Å². The zero-order valence-corrected chi connectivity index (χ0v) is 9.15. The van der Waals surface area contributed by atoms with E-state index in [4.69, 9.17) is 5.73 Å². The maximum atomic E-state index is 13.3. The van der Waals surface area contributed by atoms with Crippen LogP contribution in [0.5, 0.6) is 0 Å². The lowest BCUT2D eigenvalue weighted by Crippen LogP contribution is -2.15. The van der Waals surface area contributed by atoms with Crippen LogP contribution >= 0.6 is 0 Å². The SMILES string of the molecule is Nc1ccnc(C(=O)Nc2cccc(F)c2F)c1. The van der Waals surface area contributed by atoms with Crippen LogP contribution in [0.25, 0.3) is 0 Å². The standard InChI is InChI=1S/C12H9F2N3O/c13-8-2-1-3-9(11(8)14)17-12(18)10-6-7(15)4-5-16-10/h1-6H,(H2,15,16)(H,17,18). The molecule has 0 aliphatic rings. The number of hydrogen-bond acceptors (Lipinski definition) is 3. The third kappa shape index (κ3) is 2.42. The van der Waals surface area contributed by atoms with Gasteiger partial charge in [0, 0.05) is 11.9 Å². The summed E-state index contributed by atoms with van der Waals surface area (Å²) < 4.78 is 26.3. The Morgan fingerprint density at radius 1 is 1.28 bits per heavy atom. The Labute approximate surface area is 101 Å². The fraction of sp³-hybridized carbons (Fsp3) is 0. The van der Waals surface area contributed by atoms with E-state index in [1.165, 1.54) is 30.5 Å². The molecule has 0 unspecified atom stereocenters. The molecule has 0 atom stereocenters. The van der Waals surface area contributed by atoms with E-state index in [1.807, 2.05) is 0 Å². The number of nitrogens with zero attached hydrogens (tertiary/aromatic N) is 1. The van der Waals surface area contributed by atoms with Gasteiger partial charge in [-0.25, -0.2) is 8.78 Å². The highest BCUT2D eigenvalue weighted by Gasteiger charge is 2.13. The molecule has 0 radical (unpaired) electrons. The van der Waals surface area contributed by atoms with Crippen LogP contribution in [0.1, 0.15) is 10.5 Å². The number of halogens is 2. The van der Waals surface area contributed by atoms with Gasteiger partial charge in [0.2, 0.25) is 0 Å². The van der Waals surface area contributed by atoms with Gasteiger partial charge in [0.15, 0.2) is 11.6 Å². The molecule has 2 aromatic rings. The molecular weight excluding hydrogens is 240 g/mol. The van der Waals surface area contributed by atoms with Crippen molar-refractivity contribution in [1.29, 1.82) is 0 Å². The molecule has 0 aliphatic carbocycles. The number of anilines is 2. The van der Waals surface area contributed by atoms with E-state index in [9.17, 15) is 13.6 Å². The molecule has 0 bridgehead atoms. The summed E-state index contributed by atoms with van der Waals surface area (Å²) in [5, 5.41) is 2.22. The highest BCUT2D eigenvalue weighted by Crippen LogP contribution is 2.17. The zero-order valence-electron chi connectivity index (χ0n) is 9.15. The number of nitrogens with one attached hydrogen (secondary N) is 1. The van der Waals surface area contributed by atoms with Crippen molar-refractivity contribution in [2.24, 2.45) is 0 Å². The third-order valence-electron chi connectivity index (χ3n) is 2.22. The van der Waals surface area contributed by atoms with Gasteiger partial charge in [-0.2, -0.15) is 0 Å². The maximum absolute atomic E-state index is 13.3. The van der Waals surface area contributed by atoms with Crippen LogP contribution < -0.4 is 11.1 Å². The Morgan fingerprint density at radius 3 is 2.78 bits per heavy atom. The second-order valence-corrected chi connectivity index (χ2v) is 3.53. The van der Waals surface area contributed by atoms with Crippen molar-refractivity contribution in [3.05, 3.63) is 53.9 Å². The van der Waals surface area contributed by atoms with E-state index >= 15 is 0 Å². The topological polar surface area (TPSA) is 68.0 Å². The lowest BCUT2D eigenvalue weighted by Gasteiger charge is -2.06. The summed E-state index contributed by atoms with van der Waals surface area (Å²) in [4.78, 5) is 15.5. The van der Waals surface area contributed by atoms with Gasteiger partial charge in [-0.1, -0.05) is 6.07 Å². The average Bonchev–Trinajstić information content (AvgIpc) is 2.35. The molecule has 1 heterocycles. The van der Waals surface area contributed by atoms with Gasteiger partial charge in [-0.05, 0) is 24.3 Å². The minimum absolute atomic E-state index is 0.0265. The smallest absolute Gasteiger partial charge is 0.274 e. The van der Waals surface area contributed by atoms with Gasteiger partial charge in [0.05, 0.1) is 5.69 Å². The summed E-state index contributed by atoms with van der Waals surface area (Å²) >= 11 is 0. The molecule has 1 amide bonds. The van der Waals surface area contributed by atoms with Crippen LogP contribution in [0.2, 0.25) is 0 Å². The van der Waals surface area contributed by atoms with Crippen LogP contribution in [-0.2, 0) is 0 Å². The minimum Gasteiger partial charge on any atom is -0.399 e. The van der Waals surface area contributed by atoms with Crippen molar-refractivity contribution in [3.8, 4) is 0 Å². The van der Waals surface area contributed by atoms with Crippen LogP contribution in [0, 0.1) is 11.6 Å². The van der Waals surface area contributed by atoms with Gasteiger partial charge < -0.3 is 11.1 Å². The van der Waals surface area contributed by atoms with Gasteiger partial charge >= 0.3 is 0 Å². The molecule has 4 nitrogen and oxygen atoms in total. The lowest BCUT2D eigenvalue weighted by atomic mass is 10.2. The molecule has 0 aliphatic heterocycles. The first-order valence-corrected chi connectivity index (χ1v) is 5.05. The van der Waals surface area contributed by atoms with Crippen molar-refractivity contribution in [1.82, 2.24) is 4.98 Å². The van der Waals surface area contributed by atoms with Crippen LogP contribution in [-0.4, -0.2) is 10.9 Å². The summed E-state index contributed by atoms with van der Waals surface area (Å²) in [6.45, 7) is 0. The molecule has 6 heteroatoms. The number of nitrogen functional groups attached to an aromatic ring is 1. The summed E-state index contributed by atoms with van der Waals surface area (Å²) in [6, 6.07) is 6.36. The molecule has 18 heavy (non-hydrogen) atoms. The first-order valence-electron chi connectivity index (χ1n) is 5.05. The first-order chi connectivity index (χ1) is 8.58. The second kappa shape index (κ2) is 4.79. The summed E-state index contributed by atoms with van der Waals surface area (Å²) in [6.07, 6.45) is 1.35. The van der Waals surface area contributed by atoms with Gasteiger partial charge in [0.25, 0.3) is 5.91 Å². The van der Waals surface area contributed by atoms with E-state index in [0.717, 1.165) is 6.07 Å². The summed E-state index contributed by atoms with van der Waals surface area (Å²) in [5.74, 6) is -2.81. The fourth-order valence-corrected chi connectivity index (χ4v) is 1.36. The number of pyridine rings is 1. The van der Waals surface area contributed by atoms with Gasteiger partial charge in [-0.3, -0.25) is 9.78 Å². The molecule has 0 saturated heterocycles. The molecule has 1 aromatic carbocycles. The molecule has 0 saturated carbocycles. The number of carbonyl (C=O) groups excluding carboxylic acids is 1. The van der Waals surface area contributed by atoms with E-state index in [0.29, 0.717) is 5.69 Å². The lowest BCUT2D eigenvalue weighted by molar-refractivity contribution is 0.102. The second-order valence-electron chi connectivity index (χ2n) is 3.53. The maximum Gasteiger partial charge on any atom is 0.274 e. The predicted octanol–water partition coefficient (Wildman–Crippen LogP) is 2.19. The molecule has 1 aromatic heterocycles. The summed E-state index contributed by atoms with van der Waals surface area (Å²) in [5.41, 5.74) is 5.63. The predicted molar refractivity (Wildman–Crippen MR) is 63.0 cm³/mol. The fourth-order valence-electron chi connectivity index (χ4n) is 1.36. The number of benzene rings is 1. The Balaban J connectivity index is 2.24. The highest BCUT2D eigenvalue weighted by molar-refractivity contribution is 6.03. The Kier molecular flexibility index (Phi) is 3.18. The quantitative estimate of drug-likeness (QED) is 0.857. The summed E-state index contributed by atoms with van der Waals surface area (Å²) in [7, 11) is 0. The van der Waals surface area contributed by atoms with Crippen molar-refractivity contribution < 1.29 is 13.6 Å². The van der Waals surface area contributed by atoms with E-state index in [-0.39, 0.29) is 11.4 Å². The molecular formula is C12H9F2N3O. The van der Waals surface area contributed by atoms with E-state index in [2.05, 4.69) is 10.3 Å². The van der Waals surface area contributed by atoms with Crippen LogP contribution in [0.4, 0.5) is 20.2 Å². The van der Waals surface area contributed by atoms with Crippen molar-refractivity contribution in [2.45, 2.75) is 0 Å². The number of amides is 1. The number of rotatable bonds is 2. The Bertz CT molecular complexity index is 602. The normalized spacial score (nSPS) is 10.1. The molecule has 0 spiro atoms. The number of carbonyl (C=O) groups is 1. The number of hydrogen-bond donors (Lipinski definition) is 2. The van der Waals surface area contributed by atoms with Crippen molar-refractivity contribution in [2.75, 3.05) is 11.1 Å². The largest absolute Gasteiger partial charge is 0.399 e. The van der Waals surface area contributed by atoms with E-state index < -0.39 is 17.5 Å². The Hall–Kier alpha value is -2.50. The Morgan fingerprint density at radius 2 is 2.06 bits per heavy atom. The van der Waals surface area contributed by atoms with Gasteiger partial charge in [0.1, 0.15) is 5.69 Å². The minimum atomic E-state index is -1.12. The van der Waals surface area contributed by atoms with Crippen molar-refractivity contribution in [3.63, 3.8) is 0 Å². The molecule has 92 valence electrons. The monoisotopic (exact) mass is 249 g/mol. The number of aromatic nitrogens is 1. The molecule has 0 fully saturated rings. The zero-order chi connectivity index (χ0) is 13.1. The highest BCUT2D eigenvalue weighted by atomic mass is 19.2. The van der Waals surface area contributed by atoms with Gasteiger partial charge in [-0.15, -0.1) is 0 Å². The van der Waals surface area contributed by atoms with Crippen molar-refractivity contribution >= 4 is 17.3 Å².